The summed E-state index contributed by atoms with van der Waals surface area (Å²) in [6.07, 6.45) is 41.7. The summed E-state index contributed by atoms with van der Waals surface area (Å²) in [7, 11) is -3.89. The predicted octanol–water partition coefficient (Wildman–Crippen LogP) is 14.0. The molecule has 6 heteroatoms. The molecule has 0 spiro atoms. The van der Waals surface area contributed by atoms with Gasteiger partial charge in [0.05, 0.1) is 13.2 Å². The molecular weight excluding hydrogens is 589 g/mol. The molecule has 0 aliphatic rings. The van der Waals surface area contributed by atoms with Gasteiger partial charge in [-0.15, -0.1) is 0 Å². The lowest BCUT2D eigenvalue weighted by Gasteiger charge is -2.22. The third-order valence-corrected chi connectivity index (χ3v) is 10.5. The maximum absolute atomic E-state index is 12.1. The number of rotatable bonds is 40. The maximum atomic E-state index is 12.1. The van der Waals surface area contributed by atoms with E-state index in [1.165, 1.54) is 199 Å². The van der Waals surface area contributed by atoms with Crippen LogP contribution < -0.4 is 0 Å². The standard InChI is InChI=1S/C40H84NO4P/c1-4-7-10-13-16-19-21-26-31-36-41(37-32-27-22-20-17-14-11-8-5-2)38-33-28-23-25-30-35-40-45-46(42,43)44-39-34-29-24-18-15-12-9-6-3/h4-40H2,1-3H3,(H,42,43). The van der Waals surface area contributed by atoms with Crippen LogP contribution in [0.4, 0.5) is 0 Å². The molecule has 1 atom stereocenters. The van der Waals surface area contributed by atoms with E-state index in [0.29, 0.717) is 13.2 Å². The fourth-order valence-electron chi connectivity index (χ4n) is 6.41. The fraction of sp³-hybridized carbons (Fsp3) is 1.00. The van der Waals surface area contributed by atoms with Crippen molar-refractivity contribution >= 4 is 7.82 Å². The lowest BCUT2D eigenvalue weighted by molar-refractivity contribution is 0.145. The lowest BCUT2D eigenvalue weighted by atomic mass is 10.1. The summed E-state index contributed by atoms with van der Waals surface area (Å²) in [6.45, 7) is 11.3. The lowest BCUT2D eigenvalue weighted by Crippen LogP contribution is -2.27. The largest absolute Gasteiger partial charge is 0.472 e. The van der Waals surface area contributed by atoms with Crippen molar-refractivity contribution < 1.29 is 18.5 Å². The van der Waals surface area contributed by atoms with Crippen LogP contribution in [0, 0.1) is 0 Å². The number of nitrogens with zero attached hydrogens (tertiary/aromatic N) is 1. The zero-order valence-electron chi connectivity index (χ0n) is 31.7. The molecule has 0 aromatic carbocycles. The van der Waals surface area contributed by atoms with Crippen LogP contribution in [0.25, 0.3) is 0 Å². The molecule has 0 saturated heterocycles. The molecular formula is C40H84NO4P. The van der Waals surface area contributed by atoms with Gasteiger partial charge in [0.1, 0.15) is 0 Å². The first-order valence-corrected chi connectivity index (χ1v) is 22.4. The Kier molecular flexibility index (Phi) is 37.9. The summed E-state index contributed by atoms with van der Waals surface area (Å²) in [5, 5.41) is 0. The van der Waals surface area contributed by atoms with Crippen LogP contribution in [0.2, 0.25) is 0 Å². The number of hydrogen-bond donors (Lipinski definition) is 1. The van der Waals surface area contributed by atoms with Crippen LogP contribution in [0.5, 0.6) is 0 Å². The Labute approximate surface area is 289 Å². The Morgan fingerprint density at radius 2 is 0.587 bits per heavy atom. The Balaban J connectivity index is 3.94. The molecule has 0 aliphatic heterocycles. The zero-order chi connectivity index (χ0) is 33.7. The van der Waals surface area contributed by atoms with E-state index in [1.807, 2.05) is 0 Å². The third-order valence-electron chi connectivity index (χ3n) is 9.53. The Morgan fingerprint density at radius 3 is 0.848 bits per heavy atom. The first-order valence-electron chi connectivity index (χ1n) is 20.9. The van der Waals surface area contributed by atoms with Gasteiger partial charge in [0.2, 0.25) is 0 Å². The highest BCUT2D eigenvalue weighted by atomic mass is 31.2. The Bertz CT molecular complexity index is 598. The van der Waals surface area contributed by atoms with Crippen molar-refractivity contribution in [1.29, 1.82) is 0 Å². The number of phosphoric acid groups is 1. The summed E-state index contributed by atoms with van der Waals surface area (Å²) in [5.41, 5.74) is 0. The molecule has 0 rings (SSSR count). The van der Waals surface area contributed by atoms with E-state index in [1.54, 1.807) is 0 Å². The van der Waals surface area contributed by atoms with Crippen molar-refractivity contribution in [2.45, 2.75) is 226 Å². The molecule has 46 heavy (non-hydrogen) atoms. The van der Waals surface area contributed by atoms with E-state index >= 15 is 0 Å². The van der Waals surface area contributed by atoms with Gasteiger partial charge in [0.15, 0.2) is 0 Å². The highest BCUT2D eigenvalue weighted by Gasteiger charge is 2.20. The molecule has 0 bridgehead atoms. The second-order valence-electron chi connectivity index (χ2n) is 14.2. The smallest absolute Gasteiger partial charge is 0.303 e. The normalized spacial score (nSPS) is 13.2. The van der Waals surface area contributed by atoms with Gasteiger partial charge < -0.3 is 9.79 Å². The highest BCUT2D eigenvalue weighted by Crippen LogP contribution is 2.43. The van der Waals surface area contributed by atoms with Crippen molar-refractivity contribution in [3.8, 4) is 0 Å². The SMILES string of the molecule is CCCCCCCCCCCN(CCCCCCCCCCC)CCCCCCCCOP(=O)(O)OCCCCCCCCCC. The van der Waals surface area contributed by atoms with E-state index in [9.17, 15) is 9.46 Å². The van der Waals surface area contributed by atoms with Crippen LogP contribution in [-0.4, -0.2) is 42.6 Å². The molecule has 1 unspecified atom stereocenters. The van der Waals surface area contributed by atoms with E-state index in [-0.39, 0.29) is 0 Å². The quantitative estimate of drug-likeness (QED) is 0.0518. The van der Waals surface area contributed by atoms with Crippen molar-refractivity contribution in [2.24, 2.45) is 0 Å². The second-order valence-corrected chi connectivity index (χ2v) is 15.7. The van der Waals surface area contributed by atoms with E-state index in [4.69, 9.17) is 9.05 Å². The molecule has 5 nitrogen and oxygen atoms in total. The van der Waals surface area contributed by atoms with Gasteiger partial charge >= 0.3 is 7.82 Å². The van der Waals surface area contributed by atoms with E-state index in [2.05, 4.69) is 25.7 Å². The van der Waals surface area contributed by atoms with Crippen LogP contribution >= 0.6 is 7.82 Å². The highest BCUT2D eigenvalue weighted by molar-refractivity contribution is 7.47. The predicted molar refractivity (Wildman–Crippen MR) is 203 cm³/mol. The monoisotopic (exact) mass is 674 g/mol. The van der Waals surface area contributed by atoms with Gasteiger partial charge in [-0.1, -0.05) is 194 Å². The number of unbranched alkanes of at least 4 members (excludes halogenated alkanes) is 28. The summed E-state index contributed by atoms with van der Waals surface area (Å²) in [6, 6.07) is 0. The zero-order valence-corrected chi connectivity index (χ0v) is 32.6. The van der Waals surface area contributed by atoms with Gasteiger partial charge in [-0.25, -0.2) is 4.57 Å². The summed E-state index contributed by atoms with van der Waals surface area (Å²) in [5.74, 6) is 0. The molecule has 0 amide bonds. The van der Waals surface area contributed by atoms with Crippen LogP contribution in [-0.2, 0) is 13.6 Å². The molecule has 1 N–H and O–H groups in total. The first kappa shape index (κ1) is 46.1. The van der Waals surface area contributed by atoms with Crippen LogP contribution in [0.1, 0.15) is 226 Å². The summed E-state index contributed by atoms with van der Waals surface area (Å²) in [4.78, 5) is 12.7. The minimum Gasteiger partial charge on any atom is -0.303 e. The number of hydrogen-bond acceptors (Lipinski definition) is 4. The molecule has 0 fully saturated rings. The van der Waals surface area contributed by atoms with Gasteiger partial charge in [-0.05, 0) is 51.7 Å². The summed E-state index contributed by atoms with van der Waals surface area (Å²) >= 11 is 0. The van der Waals surface area contributed by atoms with Crippen LogP contribution in [0.15, 0.2) is 0 Å². The minimum absolute atomic E-state index is 0.316. The summed E-state index contributed by atoms with van der Waals surface area (Å²) < 4.78 is 22.5. The van der Waals surface area contributed by atoms with E-state index < -0.39 is 7.82 Å². The molecule has 278 valence electrons. The average Bonchev–Trinajstić information content (AvgIpc) is 3.04. The van der Waals surface area contributed by atoms with Gasteiger partial charge in [-0.2, -0.15) is 0 Å². The molecule has 0 saturated carbocycles. The van der Waals surface area contributed by atoms with Crippen molar-refractivity contribution in [3.63, 3.8) is 0 Å². The van der Waals surface area contributed by atoms with Crippen LogP contribution in [0.3, 0.4) is 0 Å². The van der Waals surface area contributed by atoms with Gasteiger partial charge in [0, 0.05) is 0 Å². The molecule has 0 radical (unpaired) electrons. The molecule has 0 aromatic heterocycles. The van der Waals surface area contributed by atoms with Crippen molar-refractivity contribution in [3.05, 3.63) is 0 Å². The molecule has 0 heterocycles. The topological polar surface area (TPSA) is 59.0 Å². The Hall–Kier alpha value is 0.0700. The third kappa shape index (κ3) is 36.9. The van der Waals surface area contributed by atoms with E-state index in [0.717, 1.165) is 25.7 Å². The Morgan fingerprint density at radius 1 is 0.370 bits per heavy atom. The average molecular weight is 674 g/mol. The molecule has 0 aliphatic carbocycles. The molecule has 0 aromatic rings. The number of phosphoric ester groups is 1. The first-order chi connectivity index (χ1) is 22.6. The minimum atomic E-state index is -3.89. The fourth-order valence-corrected chi connectivity index (χ4v) is 7.20. The van der Waals surface area contributed by atoms with Gasteiger partial charge in [-0.3, -0.25) is 9.05 Å². The van der Waals surface area contributed by atoms with Crippen molar-refractivity contribution in [2.75, 3.05) is 32.8 Å². The second kappa shape index (κ2) is 37.9. The maximum Gasteiger partial charge on any atom is 0.472 e. The van der Waals surface area contributed by atoms with Crippen molar-refractivity contribution in [1.82, 2.24) is 4.90 Å². The van der Waals surface area contributed by atoms with Gasteiger partial charge in [0.25, 0.3) is 0 Å².